The molecule has 2 aromatic heterocycles. The number of hydrogen-bond donors (Lipinski definition) is 3. The Morgan fingerprint density at radius 1 is 1.29 bits per heavy atom. The van der Waals surface area contributed by atoms with Gasteiger partial charge in [0.25, 0.3) is 0 Å². The highest BCUT2D eigenvalue weighted by Crippen LogP contribution is 2.28. The van der Waals surface area contributed by atoms with Crippen LogP contribution in [0.1, 0.15) is 34.5 Å². The van der Waals surface area contributed by atoms with Gasteiger partial charge in [0.05, 0.1) is 18.2 Å². The van der Waals surface area contributed by atoms with Crippen LogP contribution in [0.2, 0.25) is 5.02 Å². The van der Waals surface area contributed by atoms with E-state index in [1.165, 1.54) is 13.2 Å². The first kappa shape index (κ1) is 24.3. The van der Waals surface area contributed by atoms with Gasteiger partial charge >= 0.3 is 10.3 Å². The third kappa shape index (κ3) is 5.80. The van der Waals surface area contributed by atoms with Crippen molar-refractivity contribution >= 4 is 33.4 Å². The molecule has 2 heterocycles. The number of hydrogen-bond acceptors (Lipinski definition) is 8. The molecule has 1 aliphatic carbocycles. The number of anilines is 1. The Morgan fingerprint density at radius 2 is 2.12 bits per heavy atom. The molecule has 12 heteroatoms. The fraction of sp³-hybridized carbons (Fsp3) is 0.318. The lowest BCUT2D eigenvalue weighted by Gasteiger charge is -2.16. The zero-order valence-electron chi connectivity index (χ0n) is 18.3. The minimum Gasteiger partial charge on any atom is -0.390 e. The van der Waals surface area contributed by atoms with Crippen molar-refractivity contribution in [3.05, 3.63) is 76.8 Å². The number of aliphatic hydroxyl groups excluding tert-OH is 1. The Bertz CT molecular complexity index is 1280. The summed E-state index contributed by atoms with van der Waals surface area (Å²) in [7, 11) is -2.70. The first-order valence-electron chi connectivity index (χ1n) is 10.6. The van der Waals surface area contributed by atoms with Gasteiger partial charge in [0.15, 0.2) is 0 Å². The molecule has 0 saturated heterocycles. The van der Waals surface area contributed by atoms with Crippen LogP contribution >= 0.6 is 11.6 Å². The van der Waals surface area contributed by atoms with E-state index in [4.69, 9.17) is 15.8 Å². The molecule has 10 nitrogen and oxygen atoms in total. The average molecular weight is 506 g/mol. The summed E-state index contributed by atoms with van der Waals surface area (Å²) in [6, 6.07) is 10.4. The number of halogens is 1. The second-order valence-electron chi connectivity index (χ2n) is 7.95. The van der Waals surface area contributed by atoms with Gasteiger partial charge in [-0.15, -0.1) is 0 Å². The Kier molecular flexibility index (Phi) is 7.29. The van der Waals surface area contributed by atoms with Crippen molar-refractivity contribution in [2.45, 2.75) is 37.6 Å². The van der Waals surface area contributed by atoms with Gasteiger partial charge in [-0.2, -0.15) is 18.2 Å². The second kappa shape index (κ2) is 10.2. The summed E-state index contributed by atoms with van der Waals surface area (Å²) in [5, 5.41) is 18.5. The second-order valence-corrected chi connectivity index (χ2v) is 9.90. The summed E-state index contributed by atoms with van der Waals surface area (Å²) in [6.07, 6.45) is 3.35. The minimum atomic E-state index is -3.93. The van der Waals surface area contributed by atoms with Crippen LogP contribution in [0, 0.1) is 0 Å². The number of pyridine rings is 1. The number of benzene rings is 1. The Labute approximate surface area is 202 Å². The predicted molar refractivity (Wildman–Crippen MR) is 126 cm³/mol. The van der Waals surface area contributed by atoms with E-state index in [-0.39, 0.29) is 30.4 Å². The highest BCUT2D eigenvalue weighted by Gasteiger charge is 2.37. The third-order valence-corrected chi connectivity index (χ3v) is 6.74. The van der Waals surface area contributed by atoms with Gasteiger partial charge in [0, 0.05) is 42.4 Å². The van der Waals surface area contributed by atoms with Gasteiger partial charge in [-0.1, -0.05) is 23.7 Å². The molecule has 0 spiro atoms. The van der Waals surface area contributed by atoms with Crippen molar-refractivity contribution in [3.8, 4) is 0 Å². The number of ketones is 1. The van der Waals surface area contributed by atoms with E-state index < -0.39 is 22.5 Å². The van der Waals surface area contributed by atoms with Crippen LogP contribution in [-0.4, -0.2) is 59.4 Å². The molecule has 0 bridgehead atoms. The third-order valence-electron chi connectivity index (χ3n) is 5.50. The molecule has 1 aliphatic rings. The fourth-order valence-corrected chi connectivity index (χ4v) is 4.70. The number of aliphatic hydroxyl groups is 1. The lowest BCUT2D eigenvalue weighted by molar-refractivity contribution is 0.0636. The zero-order valence-corrected chi connectivity index (χ0v) is 19.8. The zero-order chi connectivity index (χ0) is 24.3. The molecule has 0 radical (unpaired) electrons. The molecule has 3 aromatic rings. The molecule has 0 unspecified atom stereocenters. The van der Waals surface area contributed by atoms with Crippen molar-refractivity contribution in [3.63, 3.8) is 0 Å². The van der Waals surface area contributed by atoms with E-state index >= 15 is 0 Å². The number of carbonyl (C=O) groups excluding carboxylic acids is 1. The SMILES string of the molecule is CNS(=O)(=O)O[C@@H]1C[C@H](Nc2ccncc2C(=O)c2ccn(Cc3cccc(Cl)c3)n2)C[C@@H]1O. The fourth-order valence-electron chi connectivity index (χ4n) is 3.86. The summed E-state index contributed by atoms with van der Waals surface area (Å²) in [6.45, 7) is 0.461. The topological polar surface area (TPSA) is 135 Å². The number of nitrogens with zero attached hydrogens (tertiary/aromatic N) is 3. The molecule has 4 rings (SSSR count). The number of aromatic nitrogens is 3. The molecule has 0 amide bonds. The van der Waals surface area contributed by atoms with Crippen molar-refractivity contribution in [2.24, 2.45) is 0 Å². The molecule has 3 N–H and O–H groups in total. The van der Waals surface area contributed by atoms with Crippen LogP contribution in [0.15, 0.2) is 55.0 Å². The van der Waals surface area contributed by atoms with Crippen LogP contribution in [0.25, 0.3) is 0 Å². The lowest BCUT2D eigenvalue weighted by Crippen LogP contribution is -2.31. The van der Waals surface area contributed by atoms with E-state index in [0.29, 0.717) is 22.8 Å². The smallest absolute Gasteiger partial charge is 0.335 e. The maximum atomic E-state index is 13.2. The molecule has 1 aromatic carbocycles. The first-order valence-corrected chi connectivity index (χ1v) is 12.4. The summed E-state index contributed by atoms with van der Waals surface area (Å²) in [5.74, 6) is -0.315. The van der Waals surface area contributed by atoms with Crippen molar-refractivity contribution < 1.29 is 22.5 Å². The van der Waals surface area contributed by atoms with Gasteiger partial charge in [0.1, 0.15) is 11.8 Å². The number of rotatable bonds is 9. The normalized spacial score (nSPS) is 20.4. The van der Waals surface area contributed by atoms with E-state index in [0.717, 1.165) is 5.56 Å². The van der Waals surface area contributed by atoms with E-state index in [9.17, 15) is 18.3 Å². The number of carbonyl (C=O) groups is 1. The van der Waals surface area contributed by atoms with Gasteiger partial charge < -0.3 is 10.4 Å². The van der Waals surface area contributed by atoms with Gasteiger partial charge in [0.2, 0.25) is 5.78 Å². The van der Waals surface area contributed by atoms with Crippen LogP contribution < -0.4 is 10.0 Å². The molecule has 180 valence electrons. The molecule has 1 fully saturated rings. The molecule has 3 atom stereocenters. The molecular formula is C22H24ClN5O5S. The predicted octanol–water partition coefficient (Wildman–Crippen LogP) is 2.00. The quantitative estimate of drug-likeness (QED) is 0.376. The molecular weight excluding hydrogens is 482 g/mol. The average Bonchev–Trinajstić information content (AvgIpc) is 3.40. The molecule has 34 heavy (non-hydrogen) atoms. The van der Waals surface area contributed by atoms with Crippen LogP contribution in [0.3, 0.4) is 0 Å². The van der Waals surface area contributed by atoms with E-state index in [2.05, 4.69) is 20.1 Å². The highest BCUT2D eigenvalue weighted by atomic mass is 35.5. The van der Waals surface area contributed by atoms with Gasteiger partial charge in [-0.3, -0.25) is 18.6 Å². The van der Waals surface area contributed by atoms with Crippen molar-refractivity contribution in [1.29, 1.82) is 0 Å². The summed E-state index contributed by atoms with van der Waals surface area (Å²) in [5.41, 5.74) is 2.04. The van der Waals surface area contributed by atoms with Crippen molar-refractivity contribution in [1.82, 2.24) is 19.5 Å². The minimum absolute atomic E-state index is 0.242. The van der Waals surface area contributed by atoms with Crippen LogP contribution in [-0.2, 0) is 21.0 Å². The van der Waals surface area contributed by atoms with Crippen LogP contribution in [0.4, 0.5) is 5.69 Å². The van der Waals surface area contributed by atoms with Crippen molar-refractivity contribution in [2.75, 3.05) is 12.4 Å². The maximum absolute atomic E-state index is 13.2. The molecule has 0 aliphatic heterocycles. The maximum Gasteiger partial charge on any atom is 0.335 e. The standard InChI is InChI=1S/C22H24ClN5O5S/c1-24-34(31,32)33-21-11-16(10-20(21)29)26-18-5-7-25-12-17(18)22(30)19-6-8-28(27-19)13-14-3-2-4-15(23)9-14/h2-9,12,16,20-21,24,29H,10-11,13H2,1H3,(H,25,26)/t16-,20+,21-/m1/s1. The van der Waals surface area contributed by atoms with Gasteiger partial charge in [-0.05, 0) is 42.7 Å². The highest BCUT2D eigenvalue weighted by molar-refractivity contribution is 7.84. The summed E-state index contributed by atoms with van der Waals surface area (Å²) >= 11 is 6.04. The molecule has 1 saturated carbocycles. The van der Waals surface area contributed by atoms with E-state index in [1.807, 2.05) is 18.2 Å². The van der Waals surface area contributed by atoms with Gasteiger partial charge in [-0.25, -0.2) is 0 Å². The number of nitrogens with one attached hydrogen (secondary N) is 2. The van der Waals surface area contributed by atoms with Crippen LogP contribution in [0.5, 0.6) is 0 Å². The monoisotopic (exact) mass is 505 g/mol. The summed E-state index contributed by atoms with van der Waals surface area (Å²) in [4.78, 5) is 17.2. The summed E-state index contributed by atoms with van der Waals surface area (Å²) < 4.78 is 32.1. The Balaban J connectivity index is 1.46. The van der Waals surface area contributed by atoms with E-state index in [1.54, 1.807) is 35.3 Å². The largest absolute Gasteiger partial charge is 0.390 e. The Hall–Kier alpha value is -2.83. The Morgan fingerprint density at radius 3 is 2.88 bits per heavy atom. The lowest BCUT2D eigenvalue weighted by atomic mass is 10.1. The first-order chi connectivity index (χ1) is 16.2.